The van der Waals surface area contributed by atoms with Crippen LogP contribution >= 0.6 is 0 Å². The van der Waals surface area contributed by atoms with Gasteiger partial charge in [-0.2, -0.15) is 0 Å². The molecule has 0 amide bonds. The Bertz CT molecular complexity index is 510. The molecule has 1 nitrogen and oxygen atoms in total. The SMILES string of the molecule is CCC(c1ccccc1)C(O)Cc1cccc(F)c1. The predicted octanol–water partition coefficient (Wildman–Crippen LogP) is 3.92. The third kappa shape index (κ3) is 3.65. The molecule has 0 saturated heterocycles. The number of halogens is 1. The third-order valence-electron chi connectivity index (χ3n) is 3.47. The highest BCUT2D eigenvalue weighted by Crippen LogP contribution is 2.25. The van der Waals surface area contributed by atoms with Crippen molar-refractivity contribution < 1.29 is 9.50 Å². The van der Waals surface area contributed by atoms with E-state index in [1.54, 1.807) is 6.07 Å². The van der Waals surface area contributed by atoms with Crippen LogP contribution < -0.4 is 0 Å². The van der Waals surface area contributed by atoms with Crippen molar-refractivity contribution in [3.05, 3.63) is 71.5 Å². The van der Waals surface area contributed by atoms with Gasteiger partial charge in [0.1, 0.15) is 5.82 Å². The van der Waals surface area contributed by atoms with Crippen LogP contribution in [0.5, 0.6) is 0 Å². The van der Waals surface area contributed by atoms with Gasteiger partial charge in [0, 0.05) is 5.92 Å². The van der Waals surface area contributed by atoms with Crippen LogP contribution in [-0.4, -0.2) is 11.2 Å². The van der Waals surface area contributed by atoms with Crippen molar-refractivity contribution in [2.75, 3.05) is 0 Å². The highest BCUT2D eigenvalue weighted by molar-refractivity contribution is 5.23. The zero-order chi connectivity index (χ0) is 13.7. The molecule has 0 radical (unpaired) electrons. The Morgan fingerprint density at radius 2 is 1.79 bits per heavy atom. The van der Waals surface area contributed by atoms with Crippen LogP contribution in [0.1, 0.15) is 30.4 Å². The molecule has 2 atom stereocenters. The lowest BCUT2D eigenvalue weighted by atomic mass is 9.88. The lowest BCUT2D eigenvalue weighted by Crippen LogP contribution is -2.20. The molecule has 0 aromatic heterocycles. The number of aliphatic hydroxyl groups excluding tert-OH is 1. The smallest absolute Gasteiger partial charge is 0.123 e. The first kappa shape index (κ1) is 13.8. The fraction of sp³-hybridized carbons (Fsp3) is 0.294. The number of hydrogen-bond acceptors (Lipinski definition) is 1. The van der Waals surface area contributed by atoms with Crippen molar-refractivity contribution in [1.82, 2.24) is 0 Å². The second-order valence-electron chi connectivity index (χ2n) is 4.83. The summed E-state index contributed by atoms with van der Waals surface area (Å²) in [5.41, 5.74) is 1.97. The number of rotatable bonds is 5. The molecule has 0 aliphatic rings. The first-order chi connectivity index (χ1) is 9.20. The maximum Gasteiger partial charge on any atom is 0.123 e. The Kier molecular flexibility index (Phi) is 4.69. The summed E-state index contributed by atoms with van der Waals surface area (Å²) >= 11 is 0. The summed E-state index contributed by atoms with van der Waals surface area (Å²) in [7, 11) is 0. The zero-order valence-electron chi connectivity index (χ0n) is 11.1. The number of hydrogen-bond donors (Lipinski definition) is 1. The minimum atomic E-state index is -0.491. The third-order valence-corrected chi connectivity index (χ3v) is 3.47. The van der Waals surface area contributed by atoms with E-state index in [0.717, 1.165) is 17.5 Å². The number of aliphatic hydroxyl groups is 1. The molecule has 0 aliphatic heterocycles. The molecule has 1 N–H and O–H groups in total. The molecule has 100 valence electrons. The molecule has 0 saturated carbocycles. The summed E-state index contributed by atoms with van der Waals surface area (Å²) in [6, 6.07) is 16.4. The van der Waals surface area contributed by atoms with Crippen LogP contribution in [0, 0.1) is 5.82 Å². The van der Waals surface area contributed by atoms with Crippen molar-refractivity contribution in [2.24, 2.45) is 0 Å². The molecule has 2 aromatic rings. The second kappa shape index (κ2) is 6.48. The Hall–Kier alpha value is -1.67. The van der Waals surface area contributed by atoms with Crippen LogP contribution in [0.25, 0.3) is 0 Å². The van der Waals surface area contributed by atoms with E-state index in [0.29, 0.717) is 6.42 Å². The summed E-state index contributed by atoms with van der Waals surface area (Å²) in [5.74, 6) is -0.165. The van der Waals surface area contributed by atoms with Crippen LogP contribution in [0.3, 0.4) is 0 Å². The van der Waals surface area contributed by atoms with E-state index in [2.05, 4.69) is 6.92 Å². The molecule has 0 spiro atoms. The summed E-state index contributed by atoms with van der Waals surface area (Å²) in [4.78, 5) is 0. The van der Waals surface area contributed by atoms with Crippen molar-refractivity contribution in [3.63, 3.8) is 0 Å². The Labute approximate surface area is 113 Å². The van der Waals surface area contributed by atoms with Crippen molar-refractivity contribution in [1.29, 1.82) is 0 Å². The van der Waals surface area contributed by atoms with Gasteiger partial charge in [-0.1, -0.05) is 49.4 Å². The van der Waals surface area contributed by atoms with Crippen LogP contribution in [0.4, 0.5) is 4.39 Å². The van der Waals surface area contributed by atoms with Gasteiger partial charge in [-0.05, 0) is 36.1 Å². The van der Waals surface area contributed by atoms with E-state index < -0.39 is 6.10 Å². The minimum absolute atomic E-state index is 0.0875. The normalized spacial score (nSPS) is 14.1. The minimum Gasteiger partial charge on any atom is -0.392 e. The van der Waals surface area contributed by atoms with Crippen molar-refractivity contribution in [3.8, 4) is 0 Å². The number of benzene rings is 2. The molecule has 0 fully saturated rings. The molecular formula is C17H19FO. The Balaban J connectivity index is 2.11. The van der Waals surface area contributed by atoms with Crippen LogP contribution in [-0.2, 0) is 6.42 Å². The molecule has 19 heavy (non-hydrogen) atoms. The molecular weight excluding hydrogens is 239 g/mol. The van der Waals surface area contributed by atoms with Crippen LogP contribution in [0.2, 0.25) is 0 Å². The average molecular weight is 258 g/mol. The predicted molar refractivity (Wildman–Crippen MR) is 75.6 cm³/mol. The monoisotopic (exact) mass is 258 g/mol. The Morgan fingerprint density at radius 3 is 2.42 bits per heavy atom. The van der Waals surface area contributed by atoms with Gasteiger partial charge in [0.15, 0.2) is 0 Å². The molecule has 0 bridgehead atoms. The van der Waals surface area contributed by atoms with E-state index >= 15 is 0 Å². The first-order valence-corrected chi connectivity index (χ1v) is 6.68. The van der Waals surface area contributed by atoms with Crippen LogP contribution in [0.15, 0.2) is 54.6 Å². The quantitative estimate of drug-likeness (QED) is 0.861. The summed E-state index contributed by atoms with van der Waals surface area (Å²) in [5, 5.41) is 10.4. The lowest BCUT2D eigenvalue weighted by Gasteiger charge is -2.22. The van der Waals surface area contributed by atoms with Gasteiger partial charge in [0.25, 0.3) is 0 Å². The van der Waals surface area contributed by atoms with Gasteiger partial charge in [0.2, 0.25) is 0 Å². The van der Waals surface area contributed by atoms with Gasteiger partial charge >= 0.3 is 0 Å². The topological polar surface area (TPSA) is 20.2 Å². The maximum atomic E-state index is 13.1. The van der Waals surface area contributed by atoms with Crippen molar-refractivity contribution in [2.45, 2.75) is 31.8 Å². The zero-order valence-corrected chi connectivity index (χ0v) is 11.1. The van der Waals surface area contributed by atoms with E-state index in [4.69, 9.17) is 0 Å². The highest BCUT2D eigenvalue weighted by atomic mass is 19.1. The van der Waals surface area contributed by atoms with E-state index in [1.807, 2.05) is 36.4 Å². The second-order valence-corrected chi connectivity index (χ2v) is 4.83. The van der Waals surface area contributed by atoms with E-state index in [9.17, 15) is 9.50 Å². The maximum absolute atomic E-state index is 13.1. The highest BCUT2D eigenvalue weighted by Gasteiger charge is 2.19. The van der Waals surface area contributed by atoms with Gasteiger partial charge in [-0.3, -0.25) is 0 Å². The Morgan fingerprint density at radius 1 is 1.05 bits per heavy atom. The first-order valence-electron chi connectivity index (χ1n) is 6.68. The fourth-order valence-electron chi connectivity index (χ4n) is 2.48. The molecule has 2 rings (SSSR count). The van der Waals surface area contributed by atoms with E-state index in [-0.39, 0.29) is 11.7 Å². The molecule has 2 aromatic carbocycles. The lowest BCUT2D eigenvalue weighted by molar-refractivity contribution is 0.140. The van der Waals surface area contributed by atoms with Crippen molar-refractivity contribution >= 4 is 0 Å². The standard InChI is InChI=1S/C17H19FO/c1-2-16(14-8-4-3-5-9-14)17(19)12-13-7-6-10-15(18)11-13/h3-11,16-17,19H,2,12H2,1H3. The summed E-state index contributed by atoms with van der Waals surface area (Å²) in [6.07, 6.45) is 0.847. The fourth-order valence-corrected chi connectivity index (χ4v) is 2.48. The van der Waals surface area contributed by atoms with E-state index in [1.165, 1.54) is 12.1 Å². The van der Waals surface area contributed by atoms with Gasteiger partial charge < -0.3 is 5.11 Å². The summed E-state index contributed by atoms with van der Waals surface area (Å²) < 4.78 is 13.1. The van der Waals surface area contributed by atoms with Gasteiger partial charge in [-0.15, -0.1) is 0 Å². The van der Waals surface area contributed by atoms with Gasteiger partial charge in [-0.25, -0.2) is 4.39 Å². The molecule has 0 aliphatic carbocycles. The molecule has 0 heterocycles. The largest absolute Gasteiger partial charge is 0.392 e. The molecule has 2 heteroatoms. The average Bonchev–Trinajstić information content (AvgIpc) is 2.41. The summed E-state index contributed by atoms with van der Waals surface area (Å²) in [6.45, 7) is 2.06. The molecule has 2 unspecified atom stereocenters. The van der Waals surface area contributed by atoms with Gasteiger partial charge in [0.05, 0.1) is 6.10 Å².